The first-order chi connectivity index (χ1) is 16.0. The Labute approximate surface area is 207 Å². The lowest BCUT2D eigenvalue weighted by atomic mass is 9.91. The molecule has 3 aromatic carbocycles. The van der Waals surface area contributed by atoms with Gasteiger partial charge in [-0.2, -0.15) is 0 Å². The molecule has 1 aliphatic heterocycles. The van der Waals surface area contributed by atoms with E-state index in [0.717, 1.165) is 26.9 Å². The Morgan fingerprint density at radius 2 is 1.64 bits per heavy atom. The summed E-state index contributed by atoms with van der Waals surface area (Å²) in [6, 6.07) is 18.8. The molecule has 4 rings (SSSR count). The summed E-state index contributed by atoms with van der Waals surface area (Å²) in [6.45, 7) is 0.897. The summed E-state index contributed by atoms with van der Waals surface area (Å²) in [4.78, 5) is 15.4. The van der Waals surface area contributed by atoms with E-state index in [-0.39, 0.29) is 11.9 Å². The third-order valence-electron chi connectivity index (χ3n) is 5.80. The Morgan fingerprint density at radius 3 is 2.30 bits per heavy atom. The maximum atomic E-state index is 13.5. The van der Waals surface area contributed by atoms with Crippen molar-refractivity contribution in [3.05, 3.63) is 80.9 Å². The number of nitrogens with zero attached hydrogens (tertiary/aromatic N) is 1. The third kappa shape index (κ3) is 5.03. The first-order valence-electron chi connectivity index (χ1n) is 10.6. The molecule has 0 fully saturated rings. The quantitative estimate of drug-likeness (QED) is 0.376. The molecular weight excluding hydrogens is 533 g/mol. The number of hydrogen-bond acceptors (Lipinski definition) is 5. The van der Waals surface area contributed by atoms with Crippen LogP contribution in [-0.2, 0) is 6.42 Å². The van der Waals surface area contributed by atoms with E-state index in [1.165, 1.54) is 0 Å². The Bertz CT molecular complexity index is 1130. The zero-order valence-electron chi connectivity index (χ0n) is 18.8. The van der Waals surface area contributed by atoms with E-state index in [1.807, 2.05) is 65.6 Å². The van der Waals surface area contributed by atoms with Crippen molar-refractivity contribution >= 4 is 28.5 Å². The van der Waals surface area contributed by atoms with Crippen LogP contribution in [0.4, 0.5) is 0 Å². The topological polar surface area (TPSA) is 57.2 Å². The number of fused-ring (bicyclic) bond motifs is 1. The highest BCUT2D eigenvalue weighted by atomic mass is 127. The van der Waals surface area contributed by atoms with Gasteiger partial charge in [0, 0.05) is 15.7 Å². The molecule has 6 nitrogen and oxygen atoms in total. The summed E-state index contributed by atoms with van der Waals surface area (Å²) in [7, 11) is 4.87. The van der Waals surface area contributed by atoms with E-state index in [4.69, 9.17) is 18.9 Å². The van der Waals surface area contributed by atoms with Gasteiger partial charge in [-0.05, 0) is 94.7 Å². The molecule has 1 unspecified atom stereocenters. The van der Waals surface area contributed by atoms with E-state index < -0.39 is 0 Å². The molecule has 1 aliphatic rings. The van der Waals surface area contributed by atoms with Gasteiger partial charge in [0.15, 0.2) is 11.5 Å². The monoisotopic (exact) mass is 559 g/mol. The van der Waals surface area contributed by atoms with Crippen molar-refractivity contribution in [2.45, 2.75) is 12.5 Å². The number of hydrogen-bond donors (Lipinski definition) is 0. The summed E-state index contributed by atoms with van der Waals surface area (Å²) in [5.41, 5.74) is 2.80. The molecule has 1 atom stereocenters. The fraction of sp³-hybridized carbons (Fsp3) is 0.269. The number of carbonyl (C=O) groups excluding carboxylic acids is 1. The summed E-state index contributed by atoms with van der Waals surface area (Å²) in [6.07, 6.45) is 0.727. The molecule has 0 bridgehead atoms. The number of ether oxygens (including phenoxy) is 4. The minimum Gasteiger partial charge on any atom is -0.497 e. The summed E-state index contributed by atoms with van der Waals surface area (Å²) >= 11 is 2.23. The van der Waals surface area contributed by atoms with E-state index in [9.17, 15) is 4.79 Å². The Kier molecular flexibility index (Phi) is 7.27. The number of halogens is 1. The number of rotatable bonds is 7. The van der Waals surface area contributed by atoms with Gasteiger partial charge in [0.2, 0.25) is 0 Å². The average Bonchev–Trinajstić information content (AvgIpc) is 2.86. The molecule has 0 radical (unpaired) electrons. The first kappa shape index (κ1) is 23.2. The van der Waals surface area contributed by atoms with E-state index in [2.05, 4.69) is 22.6 Å². The molecule has 0 saturated carbocycles. The second kappa shape index (κ2) is 10.3. The second-order valence-corrected chi connectivity index (χ2v) is 8.91. The largest absolute Gasteiger partial charge is 0.497 e. The van der Waals surface area contributed by atoms with Crippen molar-refractivity contribution in [2.24, 2.45) is 0 Å². The maximum absolute atomic E-state index is 13.5. The number of methoxy groups -OCH3 is 3. The van der Waals surface area contributed by atoms with Gasteiger partial charge in [-0.25, -0.2) is 0 Å². The highest BCUT2D eigenvalue weighted by Gasteiger charge is 2.33. The van der Waals surface area contributed by atoms with Crippen LogP contribution < -0.4 is 18.9 Å². The lowest BCUT2D eigenvalue weighted by molar-refractivity contribution is 0.0589. The van der Waals surface area contributed by atoms with Gasteiger partial charge in [0.1, 0.15) is 18.1 Å². The van der Waals surface area contributed by atoms with E-state index >= 15 is 0 Å². The van der Waals surface area contributed by atoms with Crippen LogP contribution in [-0.4, -0.2) is 45.3 Å². The van der Waals surface area contributed by atoms with Crippen LogP contribution in [0.1, 0.15) is 27.5 Å². The highest BCUT2D eigenvalue weighted by molar-refractivity contribution is 14.1. The first-order valence-corrected chi connectivity index (χ1v) is 11.7. The van der Waals surface area contributed by atoms with Gasteiger partial charge >= 0.3 is 0 Å². The van der Waals surface area contributed by atoms with Gasteiger partial charge in [0.25, 0.3) is 5.91 Å². The summed E-state index contributed by atoms with van der Waals surface area (Å²) < 4.78 is 23.4. The van der Waals surface area contributed by atoms with E-state index in [0.29, 0.717) is 36.0 Å². The molecule has 0 saturated heterocycles. The van der Waals surface area contributed by atoms with Gasteiger partial charge < -0.3 is 23.8 Å². The van der Waals surface area contributed by atoms with Crippen molar-refractivity contribution in [3.63, 3.8) is 0 Å². The summed E-state index contributed by atoms with van der Waals surface area (Å²) in [5.74, 6) is 2.78. The molecule has 172 valence electrons. The Balaban J connectivity index is 1.69. The van der Waals surface area contributed by atoms with Crippen LogP contribution in [0.2, 0.25) is 0 Å². The molecule has 0 aliphatic carbocycles. The van der Waals surface area contributed by atoms with Crippen molar-refractivity contribution in [3.8, 4) is 23.0 Å². The SMILES string of the molecule is COc1ccc(OCC2c3cc(OC)c(OC)cc3CCN2C(=O)c2cccc(I)c2)cc1. The zero-order valence-corrected chi connectivity index (χ0v) is 21.0. The lowest BCUT2D eigenvalue weighted by Gasteiger charge is -2.37. The molecule has 0 aromatic heterocycles. The molecule has 3 aromatic rings. The summed E-state index contributed by atoms with van der Waals surface area (Å²) in [5, 5.41) is 0. The molecule has 33 heavy (non-hydrogen) atoms. The normalized spacial score (nSPS) is 14.9. The molecule has 1 amide bonds. The fourth-order valence-electron chi connectivity index (χ4n) is 4.09. The molecule has 1 heterocycles. The van der Waals surface area contributed by atoms with Crippen LogP contribution in [0.25, 0.3) is 0 Å². The molecular formula is C26H26INO5. The van der Waals surface area contributed by atoms with Crippen molar-refractivity contribution in [1.29, 1.82) is 0 Å². The second-order valence-electron chi connectivity index (χ2n) is 7.67. The standard InChI is InChI=1S/C26H26INO5/c1-30-20-7-9-21(10-8-20)33-16-23-22-15-25(32-3)24(31-2)14-17(22)11-12-28(23)26(29)18-5-4-6-19(27)13-18/h4-10,13-15,23H,11-12,16H2,1-3H3. The van der Waals surface area contributed by atoms with Crippen molar-refractivity contribution in [1.82, 2.24) is 4.90 Å². The van der Waals surface area contributed by atoms with E-state index in [1.54, 1.807) is 21.3 Å². The fourth-order valence-corrected chi connectivity index (χ4v) is 4.63. The zero-order chi connectivity index (χ0) is 23.4. The molecule has 0 spiro atoms. The number of benzene rings is 3. The Hall–Kier alpha value is -2.94. The smallest absolute Gasteiger partial charge is 0.254 e. The maximum Gasteiger partial charge on any atom is 0.254 e. The van der Waals surface area contributed by atoms with Gasteiger partial charge in [-0.1, -0.05) is 6.07 Å². The predicted molar refractivity (Wildman–Crippen MR) is 135 cm³/mol. The van der Waals surface area contributed by atoms with Gasteiger partial charge in [-0.15, -0.1) is 0 Å². The van der Waals surface area contributed by atoms with Crippen LogP contribution in [0.3, 0.4) is 0 Å². The van der Waals surface area contributed by atoms with Crippen LogP contribution in [0.15, 0.2) is 60.7 Å². The molecule has 0 N–H and O–H groups in total. The lowest BCUT2D eigenvalue weighted by Crippen LogP contribution is -2.42. The average molecular weight is 559 g/mol. The van der Waals surface area contributed by atoms with Crippen LogP contribution in [0, 0.1) is 3.57 Å². The van der Waals surface area contributed by atoms with Crippen molar-refractivity contribution in [2.75, 3.05) is 34.5 Å². The third-order valence-corrected chi connectivity index (χ3v) is 6.47. The Morgan fingerprint density at radius 1 is 0.939 bits per heavy atom. The molecule has 7 heteroatoms. The predicted octanol–water partition coefficient (Wildman–Crippen LogP) is 5.14. The minimum atomic E-state index is -0.277. The number of carbonyl (C=O) groups is 1. The number of amides is 1. The van der Waals surface area contributed by atoms with Crippen LogP contribution in [0.5, 0.6) is 23.0 Å². The van der Waals surface area contributed by atoms with Gasteiger partial charge in [0.05, 0.1) is 27.4 Å². The van der Waals surface area contributed by atoms with Crippen LogP contribution >= 0.6 is 22.6 Å². The van der Waals surface area contributed by atoms with Crippen molar-refractivity contribution < 1.29 is 23.7 Å². The highest BCUT2D eigenvalue weighted by Crippen LogP contribution is 2.39. The minimum absolute atomic E-state index is 0.0164. The van der Waals surface area contributed by atoms with Gasteiger partial charge in [-0.3, -0.25) is 4.79 Å².